The number of hydrogen-bond donors (Lipinski definition) is 1. The molecule has 146 valence electrons. The van der Waals surface area contributed by atoms with E-state index in [-0.39, 0.29) is 5.75 Å². The lowest BCUT2D eigenvalue weighted by atomic mass is 9.93. The van der Waals surface area contributed by atoms with Gasteiger partial charge in [0.2, 0.25) is 0 Å². The number of methoxy groups -OCH3 is 1. The number of amides is 1. The van der Waals surface area contributed by atoms with Gasteiger partial charge in [-0.25, -0.2) is 0 Å². The van der Waals surface area contributed by atoms with E-state index in [2.05, 4.69) is 5.32 Å². The van der Waals surface area contributed by atoms with Gasteiger partial charge >= 0.3 is 6.18 Å². The molecule has 7 heteroatoms. The molecule has 0 aliphatic heterocycles. The van der Waals surface area contributed by atoms with Crippen LogP contribution >= 0.6 is 0 Å². The van der Waals surface area contributed by atoms with Crippen LogP contribution in [0.4, 0.5) is 13.2 Å². The van der Waals surface area contributed by atoms with Crippen LogP contribution in [-0.2, 0) is 16.5 Å². The first-order chi connectivity index (χ1) is 12.6. The molecule has 1 N–H and O–H groups in total. The summed E-state index contributed by atoms with van der Waals surface area (Å²) in [6, 6.07) is 12.0. The Morgan fingerprint density at radius 3 is 2.04 bits per heavy atom. The molecule has 2 rings (SSSR count). The quantitative estimate of drug-likeness (QED) is 0.800. The fourth-order valence-electron chi connectivity index (χ4n) is 2.69. The van der Waals surface area contributed by atoms with Gasteiger partial charge in [0.15, 0.2) is 6.10 Å². The van der Waals surface area contributed by atoms with Crippen LogP contribution in [0.5, 0.6) is 11.5 Å². The van der Waals surface area contributed by atoms with Crippen LogP contribution in [-0.4, -0.2) is 19.1 Å². The Morgan fingerprint density at radius 2 is 1.48 bits per heavy atom. The summed E-state index contributed by atoms with van der Waals surface area (Å²) in [5.74, 6) is -0.329. The Hall–Kier alpha value is -2.70. The smallest absolute Gasteiger partial charge is 0.419 e. The molecule has 0 saturated carbocycles. The summed E-state index contributed by atoms with van der Waals surface area (Å²) in [6.45, 7) is 4.96. The zero-order valence-corrected chi connectivity index (χ0v) is 15.6. The minimum absolute atomic E-state index is 0.386. The number of benzene rings is 2. The number of alkyl halides is 3. The van der Waals surface area contributed by atoms with Crippen molar-refractivity contribution in [1.82, 2.24) is 5.32 Å². The van der Waals surface area contributed by atoms with Crippen molar-refractivity contribution in [2.24, 2.45) is 0 Å². The van der Waals surface area contributed by atoms with E-state index < -0.39 is 29.3 Å². The zero-order chi connectivity index (χ0) is 20.2. The van der Waals surface area contributed by atoms with Gasteiger partial charge in [-0.15, -0.1) is 0 Å². The third-order valence-corrected chi connectivity index (χ3v) is 4.08. The highest BCUT2D eigenvalue weighted by Gasteiger charge is 2.35. The molecule has 0 aromatic heterocycles. The maximum atomic E-state index is 13.1. The number of nitrogens with one attached hydrogen (secondary N) is 1. The fourth-order valence-corrected chi connectivity index (χ4v) is 2.69. The molecular weight excluding hydrogens is 359 g/mol. The van der Waals surface area contributed by atoms with Gasteiger partial charge in [0.1, 0.15) is 11.5 Å². The minimum atomic E-state index is -4.57. The first kappa shape index (κ1) is 20.6. The van der Waals surface area contributed by atoms with Crippen LogP contribution in [0.1, 0.15) is 31.9 Å². The molecule has 1 unspecified atom stereocenters. The molecule has 0 heterocycles. The van der Waals surface area contributed by atoms with Crippen LogP contribution in [0.25, 0.3) is 0 Å². The summed E-state index contributed by atoms with van der Waals surface area (Å²) in [5.41, 5.74) is -0.998. The van der Waals surface area contributed by atoms with Crippen LogP contribution in [0.2, 0.25) is 0 Å². The number of carbonyl (C=O) groups excluding carboxylic acids is 1. The van der Waals surface area contributed by atoms with E-state index >= 15 is 0 Å². The molecule has 0 fully saturated rings. The summed E-state index contributed by atoms with van der Waals surface area (Å²) < 4.78 is 49.9. The van der Waals surface area contributed by atoms with Gasteiger partial charge in [-0.05, 0) is 39.0 Å². The number of hydrogen-bond acceptors (Lipinski definition) is 3. The van der Waals surface area contributed by atoms with Crippen molar-refractivity contribution in [1.29, 1.82) is 0 Å². The predicted octanol–water partition coefficient (Wildman–Crippen LogP) is 4.53. The standard InChI is InChI=1S/C20H22F3NO3/c1-13(27-17-12-8-6-10-15(17)20(21,22)23)18(25)24-19(2,3)14-9-5-7-11-16(14)26-4/h5-13H,1-4H3,(H,24,25). The molecule has 0 aliphatic carbocycles. The van der Waals surface area contributed by atoms with E-state index in [4.69, 9.17) is 9.47 Å². The van der Waals surface area contributed by atoms with Crippen molar-refractivity contribution in [2.45, 2.75) is 38.6 Å². The average molecular weight is 381 g/mol. The van der Waals surface area contributed by atoms with Crippen LogP contribution in [0.15, 0.2) is 48.5 Å². The predicted molar refractivity (Wildman–Crippen MR) is 95.7 cm³/mol. The highest BCUT2D eigenvalue weighted by Crippen LogP contribution is 2.36. The van der Waals surface area contributed by atoms with E-state index in [9.17, 15) is 18.0 Å². The zero-order valence-electron chi connectivity index (χ0n) is 15.6. The lowest BCUT2D eigenvalue weighted by molar-refractivity contribution is -0.141. The summed E-state index contributed by atoms with van der Waals surface area (Å²) in [7, 11) is 1.52. The number of para-hydroxylation sites is 2. The van der Waals surface area contributed by atoms with Crippen molar-refractivity contribution < 1.29 is 27.4 Å². The topological polar surface area (TPSA) is 47.6 Å². The Kier molecular flexibility index (Phi) is 6.03. The van der Waals surface area contributed by atoms with E-state index in [1.165, 1.54) is 32.2 Å². The number of carbonyl (C=O) groups is 1. The first-order valence-corrected chi connectivity index (χ1v) is 8.34. The van der Waals surface area contributed by atoms with E-state index in [0.29, 0.717) is 5.75 Å². The number of ether oxygens (including phenoxy) is 2. The SMILES string of the molecule is COc1ccccc1C(C)(C)NC(=O)C(C)Oc1ccccc1C(F)(F)F. The van der Waals surface area contributed by atoms with Gasteiger partial charge in [-0.3, -0.25) is 4.79 Å². The summed E-state index contributed by atoms with van der Waals surface area (Å²) in [6.07, 6.45) is -5.69. The molecule has 0 radical (unpaired) electrons. The normalized spacial score (nSPS) is 13.0. The molecule has 1 atom stereocenters. The molecule has 27 heavy (non-hydrogen) atoms. The molecule has 1 amide bonds. The first-order valence-electron chi connectivity index (χ1n) is 8.34. The average Bonchev–Trinajstić information content (AvgIpc) is 2.60. The molecule has 0 aliphatic rings. The highest BCUT2D eigenvalue weighted by molar-refractivity contribution is 5.81. The van der Waals surface area contributed by atoms with E-state index in [1.54, 1.807) is 26.0 Å². The maximum absolute atomic E-state index is 13.1. The summed E-state index contributed by atoms with van der Waals surface area (Å²) >= 11 is 0. The maximum Gasteiger partial charge on any atom is 0.419 e. The van der Waals surface area contributed by atoms with Gasteiger partial charge in [0.25, 0.3) is 5.91 Å². The minimum Gasteiger partial charge on any atom is -0.496 e. The third kappa shape index (κ3) is 4.93. The third-order valence-electron chi connectivity index (χ3n) is 4.08. The van der Waals surface area contributed by atoms with Crippen molar-refractivity contribution in [3.63, 3.8) is 0 Å². The monoisotopic (exact) mass is 381 g/mol. The lowest BCUT2D eigenvalue weighted by Crippen LogP contribution is -2.47. The lowest BCUT2D eigenvalue weighted by Gasteiger charge is -2.30. The van der Waals surface area contributed by atoms with Crippen molar-refractivity contribution in [3.05, 3.63) is 59.7 Å². The molecule has 0 spiro atoms. The Bertz CT molecular complexity index is 803. The van der Waals surface area contributed by atoms with Crippen molar-refractivity contribution >= 4 is 5.91 Å². The van der Waals surface area contributed by atoms with Crippen molar-refractivity contribution in [3.8, 4) is 11.5 Å². The molecule has 2 aromatic carbocycles. The van der Waals surface area contributed by atoms with Crippen LogP contribution < -0.4 is 14.8 Å². The summed E-state index contributed by atoms with van der Waals surface area (Å²) in [5, 5.41) is 2.80. The van der Waals surface area contributed by atoms with E-state index in [1.807, 2.05) is 12.1 Å². The second-order valence-corrected chi connectivity index (χ2v) is 6.57. The van der Waals surface area contributed by atoms with Crippen molar-refractivity contribution in [2.75, 3.05) is 7.11 Å². The number of rotatable bonds is 6. The Labute approximate surface area is 156 Å². The summed E-state index contributed by atoms with van der Waals surface area (Å²) in [4.78, 5) is 12.5. The fraction of sp³-hybridized carbons (Fsp3) is 0.350. The van der Waals surface area contributed by atoms with Gasteiger partial charge < -0.3 is 14.8 Å². The van der Waals surface area contributed by atoms with E-state index in [0.717, 1.165) is 11.6 Å². The molecule has 2 aromatic rings. The molecular formula is C20H22F3NO3. The van der Waals surface area contributed by atoms with Gasteiger partial charge in [-0.2, -0.15) is 13.2 Å². The Balaban J connectivity index is 2.17. The second-order valence-electron chi connectivity index (χ2n) is 6.57. The largest absolute Gasteiger partial charge is 0.496 e. The van der Waals surface area contributed by atoms with Gasteiger partial charge in [-0.1, -0.05) is 30.3 Å². The Morgan fingerprint density at radius 1 is 0.963 bits per heavy atom. The molecule has 0 saturated heterocycles. The van der Waals surface area contributed by atoms with Gasteiger partial charge in [0, 0.05) is 5.56 Å². The van der Waals surface area contributed by atoms with Crippen LogP contribution in [0.3, 0.4) is 0 Å². The molecule has 4 nitrogen and oxygen atoms in total. The second kappa shape index (κ2) is 7.90. The van der Waals surface area contributed by atoms with Gasteiger partial charge in [0.05, 0.1) is 18.2 Å². The molecule has 0 bridgehead atoms. The van der Waals surface area contributed by atoms with Crippen LogP contribution in [0, 0.1) is 0 Å². The highest BCUT2D eigenvalue weighted by atomic mass is 19.4. The number of halogens is 3.